The van der Waals surface area contributed by atoms with Gasteiger partial charge < -0.3 is 5.73 Å². The maximum absolute atomic E-state index is 11.5. The number of halogens is 2. The van der Waals surface area contributed by atoms with Crippen molar-refractivity contribution in [3.8, 4) is 0 Å². The number of nitrogens with zero attached hydrogens (tertiary/aromatic N) is 1. The highest BCUT2D eigenvalue weighted by molar-refractivity contribution is 7.90. The fourth-order valence-corrected chi connectivity index (χ4v) is 2.05. The molecule has 0 aromatic heterocycles. The van der Waals surface area contributed by atoms with Crippen LogP contribution in [-0.2, 0) is 10.0 Å². The summed E-state index contributed by atoms with van der Waals surface area (Å²) in [7, 11) is -3.77. The molecule has 4 nitrogen and oxygen atoms in total. The van der Waals surface area contributed by atoms with E-state index in [9.17, 15) is 8.42 Å². The Labute approximate surface area is 97.8 Å². The smallest absolute Gasteiger partial charge is 0.283 e. The van der Waals surface area contributed by atoms with Crippen molar-refractivity contribution in [3.05, 3.63) is 29.3 Å². The van der Waals surface area contributed by atoms with Gasteiger partial charge in [-0.1, -0.05) is 11.6 Å². The molecule has 0 fully saturated rings. The minimum atomic E-state index is -3.77. The van der Waals surface area contributed by atoms with Crippen LogP contribution in [0.25, 0.3) is 0 Å². The number of alkyl halides is 1. The maximum atomic E-state index is 11.5. The molecule has 7 heteroatoms. The van der Waals surface area contributed by atoms with E-state index in [1.165, 1.54) is 24.3 Å². The van der Waals surface area contributed by atoms with Crippen LogP contribution in [0.5, 0.6) is 0 Å². The van der Waals surface area contributed by atoms with Gasteiger partial charge in [-0.3, -0.25) is 0 Å². The number of nitrogens with two attached hydrogens (primary N) is 1. The first-order valence-electron chi connectivity index (χ1n) is 3.86. The summed E-state index contributed by atoms with van der Waals surface area (Å²) < 4.78 is 26.4. The summed E-state index contributed by atoms with van der Waals surface area (Å²) in [5, 5.41) is 0.447. The minimum Gasteiger partial charge on any atom is -0.385 e. The number of amidine groups is 1. The number of benzene rings is 1. The van der Waals surface area contributed by atoms with Crippen molar-refractivity contribution < 1.29 is 8.42 Å². The van der Waals surface area contributed by atoms with Crippen molar-refractivity contribution >= 4 is 39.1 Å². The van der Waals surface area contributed by atoms with E-state index in [0.717, 1.165) is 0 Å². The predicted molar refractivity (Wildman–Crippen MR) is 61.0 cm³/mol. The van der Waals surface area contributed by atoms with Gasteiger partial charge in [0.05, 0.1) is 10.8 Å². The Kier molecular flexibility index (Phi) is 3.96. The number of sulfonamides is 1. The highest BCUT2D eigenvalue weighted by atomic mass is 35.5. The molecule has 0 spiro atoms. The summed E-state index contributed by atoms with van der Waals surface area (Å²) in [6.07, 6.45) is 0. The van der Waals surface area contributed by atoms with Gasteiger partial charge in [0.25, 0.3) is 10.0 Å². The lowest BCUT2D eigenvalue weighted by molar-refractivity contribution is 0.598. The first-order valence-corrected chi connectivity index (χ1v) is 6.22. The lowest BCUT2D eigenvalue weighted by Crippen LogP contribution is -2.15. The molecule has 82 valence electrons. The Morgan fingerprint density at radius 1 is 1.33 bits per heavy atom. The fourth-order valence-electron chi connectivity index (χ4n) is 0.838. The largest absolute Gasteiger partial charge is 0.385 e. The molecular weight excluding hydrogens is 259 g/mol. The number of hydrogen-bond acceptors (Lipinski definition) is 2. The second-order valence-corrected chi connectivity index (χ2v) is 4.95. The molecule has 0 aliphatic heterocycles. The third kappa shape index (κ3) is 3.37. The van der Waals surface area contributed by atoms with Crippen LogP contribution in [0.4, 0.5) is 0 Å². The zero-order valence-electron chi connectivity index (χ0n) is 7.52. The van der Waals surface area contributed by atoms with E-state index in [2.05, 4.69) is 4.40 Å². The first kappa shape index (κ1) is 12.3. The standard InChI is InChI=1S/C8H8Cl2N2O2S/c9-5-8(11)12-15(13,14)7-3-1-6(10)2-4-7/h1-4H,5H2,(H2,11,12). The van der Waals surface area contributed by atoms with Crippen LogP contribution in [0.15, 0.2) is 33.6 Å². The van der Waals surface area contributed by atoms with Crippen LogP contribution in [-0.4, -0.2) is 20.1 Å². The van der Waals surface area contributed by atoms with E-state index in [4.69, 9.17) is 28.9 Å². The Morgan fingerprint density at radius 3 is 2.33 bits per heavy atom. The zero-order valence-corrected chi connectivity index (χ0v) is 9.85. The molecule has 0 atom stereocenters. The summed E-state index contributed by atoms with van der Waals surface area (Å²) in [5.41, 5.74) is 5.24. The highest BCUT2D eigenvalue weighted by Gasteiger charge is 2.12. The molecule has 0 unspecified atom stereocenters. The van der Waals surface area contributed by atoms with Gasteiger partial charge in [-0.15, -0.1) is 16.0 Å². The van der Waals surface area contributed by atoms with Crippen LogP contribution in [0.3, 0.4) is 0 Å². The lowest BCUT2D eigenvalue weighted by atomic mass is 10.4. The van der Waals surface area contributed by atoms with Gasteiger partial charge in [0.1, 0.15) is 5.84 Å². The normalized spacial score (nSPS) is 12.8. The molecule has 1 rings (SSSR count). The fraction of sp³-hybridized carbons (Fsp3) is 0.125. The van der Waals surface area contributed by atoms with E-state index in [1.807, 2.05) is 0 Å². The Morgan fingerprint density at radius 2 is 1.87 bits per heavy atom. The number of hydrogen-bond donors (Lipinski definition) is 1. The van der Waals surface area contributed by atoms with Gasteiger partial charge in [-0.05, 0) is 24.3 Å². The van der Waals surface area contributed by atoms with Crippen molar-refractivity contribution in [1.29, 1.82) is 0 Å². The molecule has 0 radical (unpaired) electrons. The van der Waals surface area contributed by atoms with E-state index in [0.29, 0.717) is 5.02 Å². The Balaban J connectivity index is 3.13. The van der Waals surface area contributed by atoms with Crippen LogP contribution >= 0.6 is 23.2 Å². The van der Waals surface area contributed by atoms with Gasteiger partial charge in [0.15, 0.2) is 0 Å². The summed E-state index contributed by atoms with van der Waals surface area (Å²) in [6, 6.07) is 5.62. The van der Waals surface area contributed by atoms with Gasteiger partial charge in [-0.25, -0.2) is 0 Å². The van der Waals surface area contributed by atoms with Crippen molar-refractivity contribution in [1.82, 2.24) is 0 Å². The summed E-state index contributed by atoms with van der Waals surface area (Å²) in [5.74, 6) is -0.279. The Hall–Kier alpha value is -0.780. The van der Waals surface area contributed by atoms with Crippen LogP contribution < -0.4 is 5.73 Å². The molecule has 15 heavy (non-hydrogen) atoms. The monoisotopic (exact) mass is 266 g/mol. The number of rotatable bonds is 3. The molecule has 1 aromatic carbocycles. The predicted octanol–water partition coefficient (Wildman–Crippen LogP) is 1.62. The average molecular weight is 267 g/mol. The molecule has 0 aliphatic carbocycles. The zero-order chi connectivity index (χ0) is 11.5. The molecule has 0 saturated carbocycles. The van der Waals surface area contributed by atoms with Crippen LogP contribution in [0.1, 0.15) is 0 Å². The molecule has 2 N–H and O–H groups in total. The average Bonchev–Trinajstić information content (AvgIpc) is 2.17. The minimum absolute atomic E-state index is 0.0277. The molecular formula is C8H8Cl2N2O2S. The molecule has 1 aromatic rings. The van der Waals surface area contributed by atoms with Crippen molar-refractivity contribution in [2.45, 2.75) is 4.90 Å². The molecule has 0 heterocycles. The third-order valence-corrected chi connectivity index (χ3v) is 3.35. The first-order chi connectivity index (χ1) is 6.95. The van der Waals surface area contributed by atoms with Gasteiger partial charge in [0.2, 0.25) is 0 Å². The van der Waals surface area contributed by atoms with Crippen LogP contribution in [0, 0.1) is 0 Å². The third-order valence-electron chi connectivity index (χ3n) is 1.49. The van der Waals surface area contributed by atoms with Gasteiger partial charge in [-0.2, -0.15) is 8.42 Å². The van der Waals surface area contributed by atoms with E-state index in [1.54, 1.807) is 0 Å². The topological polar surface area (TPSA) is 72.5 Å². The van der Waals surface area contributed by atoms with E-state index < -0.39 is 10.0 Å². The molecule has 0 aliphatic rings. The highest BCUT2D eigenvalue weighted by Crippen LogP contribution is 2.15. The summed E-state index contributed by atoms with van der Waals surface area (Å²) >= 11 is 10.9. The molecule has 0 amide bonds. The second kappa shape index (κ2) is 4.83. The SMILES string of the molecule is N/C(CCl)=N\S(=O)(=O)c1ccc(Cl)cc1. The summed E-state index contributed by atoms with van der Waals surface area (Å²) in [4.78, 5) is 0.0277. The summed E-state index contributed by atoms with van der Waals surface area (Å²) in [6.45, 7) is 0. The van der Waals surface area contributed by atoms with Crippen molar-refractivity contribution in [3.63, 3.8) is 0 Å². The molecule has 0 bridgehead atoms. The van der Waals surface area contributed by atoms with Crippen molar-refractivity contribution in [2.24, 2.45) is 10.1 Å². The van der Waals surface area contributed by atoms with Crippen molar-refractivity contribution in [2.75, 3.05) is 5.88 Å². The van der Waals surface area contributed by atoms with Crippen LogP contribution in [0.2, 0.25) is 5.02 Å². The quantitative estimate of drug-likeness (QED) is 0.514. The van der Waals surface area contributed by atoms with E-state index >= 15 is 0 Å². The van der Waals surface area contributed by atoms with E-state index in [-0.39, 0.29) is 16.6 Å². The maximum Gasteiger partial charge on any atom is 0.283 e. The van der Waals surface area contributed by atoms with Gasteiger partial charge >= 0.3 is 0 Å². The molecule has 0 saturated heterocycles. The Bertz CT molecular complexity index is 468. The lowest BCUT2D eigenvalue weighted by Gasteiger charge is -1.99. The second-order valence-electron chi connectivity index (χ2n) is 2.65. The van der Waals surface area contributed by atoms with Gasteiger partial charge in [0, 0.05) is 5.02 Å².